The van der Waals surface area contributed by atoms with Gasteiger partial charge < -0.3 is 9.84 Å². The van der Waals surface area contributed by atoms with Crippen LogP contribution < -0.4 is 4.74 Å². The quantitative estimate of drug-likeness (QED) is 0.738. The van der Waals surface area contributed by atoms with Crippen LogP contribution in [0.2, 0.25) is 0 Å². The molecule has 0 saturated carbocycles. The molecule has 1 aliphatic heterocycles. The molecule has 3 aromatic rings. The van der Waals surface area contributed by atoms with Crippen molar-refractivity contribution < 1.29 is 14.6 Å². The van der Waals surface area contributed by atoms with Crippen LogP contribution in [0, 0.1) is 0 Å². The summed E-state index contributed by atoms with van der Waals surface area (Å²) < 4.78 is 7.26. The van der Waals surface area contributed by atoms with Crippen molar-refractivity contribution in [1.82, 2.24) is 9.78 Å². The fourth-order valence-corrected chi connectivity index (χ4v) is 2.46. The van der Waals surface area contributed by atoms with E-state index in [1.165, 1.54) is 12.1 Å². The average Bonchev–Trinajstić information content (AvgIpc) is 3.14. The molecule has 1 aliphatic rings. The molecule has 1 N–H and O–H groups in total. The highest BCUT2D eigenvalue weighted by Crippen LogP contribution is 2.34. The summed E-state index contributed by atoms with van der Waals surface area (Å²) in [5.41, 5.74) is 2.14. The Morgan fingerprint density at radius 2 is 1.96 bits per heavy atom. The van der Waals surface area contributed by atoms with E-state index >= 15 is 0 Å². The van der Waals surface area contributed by atoms with Gasteiger partial charge in [-0.1, -0.05) is 18.2 Å². The number of fused-ring (bicyclic) bond motifs is 1. The number of ether oxygens (including phenoxy) is 1. The molecule has 0 radical (unpaired) electrons. The van der Waals surface area contributed by atoms with Crippen molar-refractivity contribution in [3.8, 4) is 17.2 Å². The van der Waals surface area contributed by atoms with Gasteiger partial charge in [0.15, 0.2) is 5.76 Å². The SMILES string of the molecule is O=C1/C(=C/c2cnn(-c3ccccc3)c2)Oc2cc(O)ccc21. The summed E-state index contributed by atoms with van der Waals surface area (Å²) in [5.74, 6) is 0.456. The molecule has 112 valence electrons. The zero-order chi connectivity index (χ0) is 15.8. The number of Topliss-reactive ketones (excluding diaryl/α,β-unsaturated/α-hetero) is 1. The molecular weight excluding hydrogens is 292 g/mol. The summed E-state index contributed by atoms with van der Waals surface area (Å²) in [6.07, 6.45) is 5.13. The summed E-state index contributed by atoms with van der Waals surface area (Å²) >= 11 is 0. The number of hydrogen-bond acceptors (Lipinski definition) is 4. The normalized spacial score (nSPS) is 14.8. The first-order chi connectivity index (χ1) is 11.2. The molecule has 4 rings (SSSR count). The van der Waals surface area contributed by atoms with Gasteiger partial charge in [0.2, 0.25) is 5.78 Å². The number of carbonyl (C=O) groups is 1. The first-order valence-electron chi connectivity index (χ1n) is 7.08. The van der Waals surface area contributed by atoms with E-state index in [0.717, 1.165) is 11.3 Å². The lowest BCUT2D eigenvalue weighted by Crippen LogP contribution is -1.97. The van der Waals surface area contributed by atoms with Gasteiger partial charge in [-0.15, -0.1) is 0 Å². The van der Waals surface area contributed by atoms with Crippen LogP contribution in [0.25, 0.3) is 11.8 Å². The van der Waals surface area contributed by atoms with Crippen molar-refractivity contribution in [2.24, 2.45) is 0 Å². The Hall–Kier alpha value is -3.34. The molecular formula is C18H12N2O3. The van der Waals surface area contributed by atoms with E-state index in [1.807, 2.05) is 36.5 Å². The topological polar surface area (TPSA) is 64.4 Å². The standard InChI is InChI=1S/C18H12N2O3/c21-14-6-7-15-16(9-14)23-17(18(15)22)8-12-10-19-20(11-12)13-4-2-1-3-5-13/h1-11,21H/b17-8-. The van der Waals surface area contributed by atoms with Gasteiger partial charge >= 0.3 is 0 Å². The summed E-state index contributed by atoms with van der Waals surface area (Å²) in [7, 11) is 0. The number of rotatable bonds is 2. The Morgan fingerprint density at radius 3 is 2.78 bits per heavy atom. The van der Waals surface area contributed by atoms with E-state index in [9.17, 15) is 9.90 Å². The lowest BCUT2D eigenvalue weighted by atomic mass is 10.1. The number of nitrogens with zero attached hydrogens (tertiary/aromatic N) is 2. The van der Waals surface area contributed by atoms with E-state index in [-0.39, 0.29) is 17.3 Å². The molecule has 2 heterocycles. The Balaban J connectivity index is 1.65. The number of para-hydroxylation sites is 1. The number of phenolic OH excluding ortho intramolecular Hbond substituents is 1. The number of ketones is 1. The van der Waals surface area contributed by atoms with Crippen LogP contribution >= 0.6 is 0 Å². The van der Waals surface area contributed by atoms with Crippen LogP contribution in [0.15, 0.2) is 66.7 Å². The van der Waals surface area contributed by atoms with Gasteiger partial charge in [-0.25, -0.2) is 4.68 Å². The average molecular weight is 304 g/mol. The molecule has 0 amide bonds. The van der Waals surface area contributed by atoms with Crippen molar-refractivity contribution in [2.75, 3.05) is 0 Å². The minimum Gasteiger partial charge on any atom is -0.508 e. The van der Waals surface area contributed by atoms with Crippen LogP contribution in [0.5, 0.6) is 11.5 Å². The molecule has 0 spiro atoms. The molecule has 5 heteroatoms. The molecule has 2 aromatic carbocycles. The van der Waals surface area contributed by atoms with Crippen molar-refractivity contribution in [2.45, 2.75) is 0 Å². The first-order valence-corrected chi connectivity index (χ1v) is 7.08. The lowest BCUT2D eigenvalue weighted by molar-refractivity contribution is 0.101. The van der Waals surface area contributed by atoms with Gasteiger partial charge in [0.25, 0.3) is 0 Å². The zero-order valence-electron chi connectivity index (χ0n) is 12.0. The van der Waals surface area contributed by atoms with Gasteiger partial charge in [0, 0.05) is 17.8 Å². The maximum Gasteiger partial charge on any atom is 0.231 e. The summed E-state index contributed by atoms with van der Waals surface area (Å²) in [4.78, 5) is 12.3. The number of aromatic hydroxyl groups is 1. The van der Waals surface area contributed by atoms with Gasteiger partial charge in [-0.2, -0.15) is 5.10 Å². The molecule has 5 nitrogen and oxygen atoms in total. The van der Waals surface area contributed by atoms with E-state index in [2.05, 4.69) is 5.10 Å². The molecule has 0 aliphatic carbocycles. The Bertz CT molecular complexity index is 926. The number of allylic oxidation sites excluding steroid dienone is 1. The van der Waals surface area contributed by atoms with E-state index in [1.54, 1.807) is 23.0 Å². The maximum atomic E-state index is 12.3. The maximum absolute atomic E-state index is 12.3. The summed E-state index contributed by atoms with van der Waals surface area (Å²) in [6, 6.07) is 14.1. The molecule has 0 fully saturated rings. The predicted molar refractivity (Wildman–Crippen MR) is 84.6 cm³/mol. The number of benzene rings is 2. The van der Waals surface area contributed by atoms with E-state index < -0.39 is 0 Å². The van der Waals surface area contributed by atoms with Crippen LogP contribution in [-0.2, 0) is 0 Å². The minimum atomic E-state index is -0.201. The van der Waals surface area contributed by atoms with Crippen molar-refractivity contribution in [3.05, 3.63) is 77.8 Å². The van der Waals surface area contributed by atoms with E-state index in [0.29, 0.717) is 11.3 Å². The predicted octanol–water partition coefficient (Wildman–Crippen LogP) is 3.19. The minimum absolute atomic E-state index is 0.0645. The van der Waals surface area contributed by atoms with Crippen LogP contribution in [0.1, 0.15) is 15.9 Å². The highest BCUT2D eigenvalue weighted by molar-refractivity contribution is 6.14. The third-order valence-electron chi connectivity index (χ3n) is 3.57. The largest absolute Gasteiger partial charge is 0.508 e. The second kappa shape index (κ2) is 5.14. The number of hydrogen-bond donors (Lipinski definition) is 1. The lowest BCUT2D eigenvalue weighted by Gasteiger charge is -1.99. The summed E-state index contributed by atoms with van der Waals surface area (Å²) in [6.45, 7) is 0. The third kappa shape index (κ3) is 2.38. The molecule has 0 atom stereocenters. The molecule has 23 heavy (non-hydrogen) atoms. The van der Waals surface area contributed by atoms with E-state index in [4.69, 9.17) is 4.74 Å². The third-order valence-corrected chi connectivity index (χ3v) is 3.57. The fourth-order valence-electron chi connectivity index (χ4n) is 2.46. The van der Waals surface area contributed by atoms with Gasteiger partial charge in [-0.3, -0.25) is 4.79 Å². The van der Waals surface area contributed by atoms with Crippen molar-refractivity contribution in [3.63, 3.8) is 0 Å². The number of carbonyl (C=O) groups excluding carboxylic acids is 1. The van der Waals surface area contributed by atoms with Crippen LogP contribution in [0.3, 0.4) is 0 Å². The Morgan fingerprint density at radius 1 is 1.13 bits per heavy atom. The van der Waals surface area contributed by atoms with Gasteiger partial charge in [-0.05, 0) is 30.3 Å². The molecule has 0 unspecified atom stereocenters. The van der Waals surface area contributed by atoms with Gasteiger partial charge in [0.1, 0.15) is 11.5 Å². The van der Waals surface area contributed by atoms with Gasteiger partial charge in [0.05, 0.1) is 17.4 Å². The fraction of sp³-hybridized carbons (Fsp3) is 0. The number of aromatic nitrogens is 2. The Kier molecular flexibility index (Phi) is 2.98. The van der Waals surface area contributed by atoms with Crippen molar-refractivity contribution in [1.29, 1.82) is 0 Å². The molecule has 0 bridgehead atoms. The highest BCUT2D eigenvalue weighted by atomic mass is 16.5. The second-order valence-corrected chi connectivity index (χ2v) is 5.17. The smallest absolute Gasteiger partial charge is 0.231 e. The summed E-state index contributed by atoms with van der Waals surface area (Å²) in [5, 5.41) is 13.7. The second-order valence-electron chi connectivity index (χ2n) is 5.17. The first kappa shape index (κ1) is 13.3. The number of phenols is 1. The molecule has 1 aromatic heterocycles. The monoisotopic (exact) mass is 304 g/mol. The highest BCUT2D eigenvalue weighted by Gasteiger charge is 2.27. The van der Waals surface area contributed by atoms with Crippen LogP contribution in [0.4, 0.5) is 0 Å². The molecule has 0 saturated heterocycles. The zero-order valence-corrected chi connectivity index (χ0v) is 12.0. The van der Waals surface area contributed by atoms with Crippen LogP contribution in [-0.4, -0.2) is 20.7 Å². The Labute approximate surface area is 132 Å². The van der Waals surface area contributed by atoms with Crippen molar-refractivity contribution >= 4 is 11.9 Å².